The Balaban J connectivity index is 1.42. The number of nitrogens with zero attached hydrogens (tertiary/aromatic N) is 1. The van der Waals surface area contributed by atoms with Crippen LogP contribution in [0.15, 0.2) is 24.3 Å². The fraction of sp³-hybridized carbons (Fsp3) is 0.600. The van der Waals surface area contributed by atoms with Crippen molar-refractivity contribution in [2.45, 2.75) is 37.9 Å². The van der Waals surface area contributed by atoms with Gasteiger partial charge in [0, 0.05) is 19.1 Å². The van der Waals surface area contributed by atoms with Crippen LogP contribution in [0.4, 0.5) is 0 Å². The zero-order chi connectivity index (χ0) is 17.9. The molecule has 2 saturated heterocycles. The molecule has 0 bridgehead atoms. The van der Waals surface area contributed by atoms with Gasteiger partial charge in [0.1, 0.15) is 18.5 Å². The number of carbonyl (C=O) groups excluding carboxylic acids is 2. The van der Waals surface area contributed by atoms with E-state index >= 15 is 0 Å². The van der Waals surface area contributed by atoms with Crippen molar-refractivity contribution >= 4 is 11.7 Å². The standard InChI is InChI=1S/C20H25NO5/c22-19(14-7-8-14)18-12-21(9-11-25-18)20(23)16-5-1-2-6-17(16)26-13-15-4-3-10-24-15/h1-2,5-6,14-15,18H,3-4,7-13H2/t15-,18+/m0/s1. The summed E-state index contributed by atoms with van der Waals surface area (Å²) >= 11 is 0. The van der Waals surface area contributed by atoms with Gasteiger partial charge in [0.25, 0.3) is 5.91 Å². The molecule has 0 aromatic heterocycles. The summed E-state index contributed by atoms with van der Waals surface area (Å²) in [4.78, 5) is 27.0. The van der Waals surface area contributed by atoms with Crippen molar-refractivity contribution < 1.29 is 23.8 Å². The minimum absolute atomic E-state index is 0.0992. The molecule has 1 aliphatic carbocycles. The summed E-state index contributed by atoms with van der Waals surface area (Å²) in [6.45, 7) is 2.45. The molecule has 1 aromatic rings. The summed E-state index contributed by atoms with van der Waals surface area (Å²) in [5.41, 5.74) is 0.532. The first-order valence-corrected chi connectivity index (χ1v) is 9.50. The lowest BCUT2D eigenvalue weighted by Gasteiger charge is -2.32. The Bertz CT molecular complexity index is 666. The first-order valence-electron chi connectivity index (χ1n) is 9.50. The number of para-hydroxylation sites is 1. The molecule has 0 unspecified atom stereocenters. The average molecular weight is 359 g/mol. The summed E-state index contributed by atoms with van der Waals surface area (Å²) in [6.07, 6.45) is 3.56. The van der Waals surface area contributed by atoms with E-state index in [0.717, 1.165) is 32.3 Å². The second kappa shape index (κ2) is 7.76. The van der Waals surface area contributed by atoms with E-state index in [-0.39, 0.29) is 23.7 Å². The number of carbonyl (C=O) groups is 2. The molecule has 140 valence electrons. The van der Waals surface area contributed by atoms with E-state index in [1.54, 1.807) is 11.0 Å². The van der Waals surface area contributed by atoms with Gasteiger partial charge >= 0.3 is 0 Å². The number of rotatable bonds is 6. The van der Waals surface area contributed by atoms with E-state index in [4.69, 9.17) is 14.2 Å². The van der Waals surface area contributed by atoms with Crippen LogP contribution in [-0.4, -0.2) is 61.7 Å². The van der Waals surface area contributed by atoms with Crippen LogP contribution in [0.1, 0.15) is 36.0 Å². The number of hydrogen-bond donors (Lipinski definition) is 0. The topological polar surface area (TPSA) is 65.1 Å². The Labute approximate surface area is 153 Å². The molecule has 0 N–H and O–H groups in total. The van der Waals surface area contributed by atoms with Crippen molar-refractivity contribution in [2.75, 3.05) is 32.9 Å². The highest BCUT2D eigenvalue weighted by Gasteiger charge is 2.38. The highest BCUT2D eigenvalue weighted by atomic mass is 16.5. The lowest BCUT2D eigenvalue weighted by atomic mass is 10.1. The van der Waals surface area contributed by atoms with Crippen LogP contribution in [0.3, 0.4) is 0 Å². The maximum absolute atomic E-state index is 13.0. The third-order valence-corrected chi connectivity index (χ3v) is 5.22. The Morgan fingerprint density at radius 3 is 2.73 bits per heavy atom. The zero-order valence-electron chi connectivity index (χ0n) is 14.9. The van der Waals surface area contributed by atoms with Gasteiger partial charge in [-0.15, -0.1) is 0 Å². The number of morpholine rings is 1. The Morgan fingerprint density at radius 2 is 1.96 bits per heavy atom. The van der Waals surface area contributed by atoms with Crippen LogP contribution in [0, 0.1) is 5.92 Å². The maximum Gasteiger partial charge on any atom is 0.257 e. The lowest BCUT2D eigenvalue weighted by Crippen LogP contribution is -2.49. The largest absolute Gasteiger partial charge is 0.490 e. The molecule has 2 atom stereocenters. The molecule has 3 fully saturated rings. The molecule has 3 aliphatic rings. The first-order chi connectivity index (χ1) is 12.7. The van der Waals surface area contributed by atoms with E-state index in [2.05, 4.69) is 0 Å². The molecule has 2 aliphatic heterocycles. The van der Waals surface area contributed by atoms with E-state index < -0.39 is 6.10 Å². The van der Waals surface area contributed by atoms with Crippen molar-refractivity contribution in [1.82, 2.24) is 4.90 Å². The van der Waals surface area contributed by atoms with Crippen LogP contribution < -0.4 is 4.74 Å². The highest BCUT2D eigenvalue weighted by Crippen LogP contribution is 2.32. The highest BCUT2D eigenvalue weighted by molar-refractivity contribution is 5.97. The van der Waals surface area contributed by atoms with Crippen LogP contribution >= 0.6 is 0 Å². The summed E-state index contributed by atoms with van der Waals surface area (Å²) in [5, 5.41) is 0. The molecular formula is C20H25NO5. The third-order valence-electron chi connectivity index (χ3n) is 5.22. The van der Waals surface area contributed by atoms with Gasteiger partial charge in [0.2, 0.25) is 0 Å². The van der Waals surface area contributed by atoms with Gasteiger partial charge in [-0.25, -0.2) is 0 Å². The second-order valence-corrected chi connectivity index (χ2v) is 7.23. The Kier molecular flexibility index (Phi) is 5.22. The lowest BCUT2D eigenvalue weighted by molar-refractivity contribution is -0.136. The fourth-order valence-electron chi connectivity index (χ4n) is 3.53. The van der Waals surface area contributed by atoms with Gasteiger partial charge in [-0.05, 0) is 37.8 Å². The number of hydrogen-bond acceptors (Lipinski definition) is 5. The SMILES string of the molecule is O=C(C1CC1)[C@H]1CN(C(=O)c2ccccc2OC[C@@H]2CCCO2)CCO1. The number of amides is 1. The fourth-order valence-corrected chi connectivity index (χ4v) is 3.53. The molecule has 26 heavy (non-hydrogen) atoms. The quantitative estimate of drug-likeness (QED) is 0.778. The van der Waals surface area contributed by atoms with Crippen LogP contribution in [0.2, 0.25) is 0 Å². The van der Waals surface area contributed by atoms with E-state index in [1.165, 1.54) is 0 Å². The average Bonchev–Trinajstić information content (AvgIpc) is 3.41. The van der Waals surface area contributed by atoms with Crippen LogP contribution in [0.25, 0.3) is 0 Å². The third kappa shape index (κ3) is 3.91. The molecule has 6 nitrogen and oxygen atoms in total. The Hall–Kier alpha value is -1.92. The minimum atomic E-state index is -0.486. The van der Waals surface area contributed by atoms with Gasteiger partial charge in [0.15, 0.2) is 5.78 Å². The number of ether oxygens (including phenoxy) is 3. The van der Waals surface area contributed by atoms with Crippen molar-refractivity contribution in [2.24, 2.45) is 5.92 Å². The predicted molar refractivity (Wildman–Crippen MR) is 94.3 cm³/mol. The monoisotopic (exact) mass is 359 g/mol. The van der Waals surface area contributed by atoms with Crippen LogP contribution in [0.5, 0.6) is 5.75 Å². The molecule has 1 aromatic carbocycles. The molecule has 1 amide bonds. The summed E-state index contributed by atoms with van der Waals surface area (Å²) in [5.74, 6) is 0.747. The van der Waals surface area contributed by atoms with Gasteiger partial charge < -0.3 is 19.1 Å². The van der Waals surface area contributed by atoms with Gasteiger partial charge in [-0.2, -0.15) is 0 Å². The first kappa shape index (κ1) is 17.5. The molecule has 1 saturated carbocycles. The van der Waals surface area contributed by atoms with Crippen LogP contribution in [-0.2, 0) is 14.3 Å². The van der Waals surface area contributed by atoms with Gasteiger partial charge in [-0.3, -0.25) is 9.59 Å². The van der Waals surface area contributed by atoms with Crippen molar-refractivity contribution in [1.29, 1.82) is 0 Å². The molecular weight excluding hydrogens is 334 g/mol. The smallest absolute Gasteiger partial charge is 0.257 e. The minimum Gasteiger partial charge on any atom is -0.490 e. The summed E-state index contributed by atoms with van der Waals surface area (Å²) in [6, 6.07) is 7.29. The molecule has 2 heterocycles. The summed E-state index contributed by atoms with van der Waals surface area (Å²) < 4.78 is 17.1. The second-order valence-electron chi connectivity index (χ2n) is 7.23. The number of ketones is 1. The van der Waals surface area contributed by atoms with E-state index in [0.29, 0.717) is 37.6 Å². The molecule has 6 heteroatoms. The van der Waals surface area contributed by atoms with Crippen molar-refractivity contribution in [3.63, 3.8) is 0 Å². The number of benzene rings is 1. The molecule has 0 spiro atoms. The van der Waals surface area contributed by atoms with Crippen molar-refractivity contribution in [3.05, 3.63) is 29.8 Å². The molecule has 4 rings (SSSR count). The van der Waals surface area contributed by atoms with E-state index in [1.807, 2.05) is 18.2 Å². The predicted octanol–water partition coefficient (Wildman–Crippen LogP) is 2.06. The Morgan fingerprint density at radius 1 is 1.12 bits per heavy atom. The number of Topliss-reactive ketones (excluding diaryl/α,β-unsaturated/α-hetero) is 1. The zero-order valence-corrected chi connectivity index (χ0v) is 14.9. The van der Waals surface area contributed by atoms with Gasteiger partial charge in [0.05, 0.1) is 24.8 Å². The normalized spacial score (nSPS) is 25.9. The molecule has 0 radical (unpaired) electrons. The van der Waals surface area contributed by atoms with Gasteiger partial charge in [-0.1, -0.05) is 12.1 Å². The summed E-state index contributed by atoms with van der Waals surface area (Å²) in [7, 11) is 0. The van der Waals surface area contributed by atoms with Crippen molar-refractivity contribution in [3.8, 4) is 5.75 Å². The maximum atomic E-state index is 13.0. The van der Waals surface area contributed by atoms with E-state index in [9.17, 15) is 9.59 Å².